The van der Waals surface area contributed by atoms with E-state index in [2.05, 4.69) is 19.6 Å². The van der Waals surface area contributed by atoms with E-state index in [0.29, 0.717) is 13.2 Å². The molecule has 0 bridgehead atoms. The molecule has 0 radical (unpaired) electrons. The molecule has 2 rings (SSSR count). The van der Waals surface area contributed by atoms with Gasteiger partial charge in [0.2, 0.25) is 0 Å². The van der Waals surface area contributed by atoms with Gasteiger partial charge in [-0.15, -0.1) is 5.10 Å². The highest BCUT2D eigenvalue weighted by atomic mass is 19.3. The molecular weight excluding hydrogens is 310 g/mol. The van der Waals surface area contributed by atoms with Crippen LogP contribution in [0, 0.1) is 0 Å². The Bertz CT molecular complexity index is 663. The molecule has 0 N–H and O–H groups in total. The highest BCUT2D eigenvalue weighted by molar-refractivity contribution is 5.84. The number of aromatic nitrogens is 3. The molecule has 1 aromatic heterocycles. The minimum Gasteiger partial charge on any atom is -0.463 e. The van der Waals surface area contributed by atoms with Crippen molar-refractivity contribution in [3.63, 3.8) is 0 Å². The summed E-state index contributed by atoms with van der Waals surface area (Å²) in [6.07, 6.45) is 1.42. The van der Waals surface area contributed by atoms with Crippen molar-refractivity contribution in [1.29, 1.82) is 0 Å². The number of halogens is 2. The number of ether oxygens (including phenoxy) is 2. The van der Waals surface area contributed by atoms with Crippen LogP contribution in [-0.4, -0.2) is 46.4 Å². The lowest BCUT2D eigenvalue weighted by Crippen LogP contribution is -2.22. The van der Waals surface area contributed by atoms with E-state index >= 15 is 0 Å². The number of esters is 1. The van der Waals surface area contributed by atoms with Crippen LogP contribution in [0.3, 0.4) is 0 Å². The van der Waals surface area contributed by atoms with Crippen molar-refractivity contribution >= 4 is 5.97 Å². The van der Waals surface area contributed by atoms with Crippen LogP contribution >= 0.6 is 0 Å². The third-order valence-corrected chi connectivity index (χ3v) is 2.87. The van der Waals surface area contributed by atoms with Crippen LogP contribution in [0.15, 0.2) is 30.6 Å². The Kier molecular flexibility index (Phi) is 5.58. The zero-order chi connectivity index (χ0) is 16.8. The van der Waals surface area contributed by atoms with Crippen LogP contribution in [0.1, 0.15) is 16.2 Å². The molecule has 9 heteroatoms. The molecule has 0 aliphatic carbocycles. The van der Waals surface area contributed by atoms with Crippen LogP contribution < -0.4 is 4.74 Å². The van der Waals surface area contributed by atoms with Gasteiger partial charge in [-0.2, -0.15) is 8.78 Å². The van der Waals surface area contributed by atoms with E-state index in [1.165, 1.54) is 24.2 Å². The second-order valence-corrected chi connectivity index (χ2v) is 4.78. The summed E-state index contributed by atoms with van der Waals surface area (Å²) in [7, 11) is 3.07. The summed E-state index contributed by atoms with van der Waals surface area (Å²) >= 11 is 0. The molecule has 0 saturated carbocycles. The minimum atomic E-state index is -2.85. The lowest BCUT2D eigenvalue weighted by atomic mass is 10.2. The van der Waals surface area contributed by atoms with Crippen molar-refractivity contribution in [2.75, 3.05) is 14.2 Å². The molecule has 7 nitrogen and oxygen atoms in total. The Hall–Kier alpha value is -2.55. The molecule has 124 valence electrons. The van der Waals surface area contributed by atoms with Crippen LogP contribution in [0.25, 0.3) is 0 Å². The molecule has 0 fully saturated rings. The molecule has 0 saturated heterocycles. The quantitative estimate of drug-likeness (QED) is 0.722. The average Bonchev–Trinajstić information content (AvgIpc) is 2.94. The van der Waals surface area contributed by atoms with E-state index in [4.69, 9.17) is 0 Å². The van der Waals surface area contributed by atoms with Crippen LogP contribution in [0.5, 0.6) is 5.75 Å². The fourth-order valence-electron chi connectivity index (χ4n) is 1.98. The van der Waals surface area contributed by atoms with Crippen LogP contribution in [0.2, 0.25) is 0 Å². The number of alkyl halides is 2. The molecule has 0 aliphatic heterocycles. The number of carbonyl (C=O) groups is 1. The monoisotopic (exact) mass is 326 g/mol. The van der Waals surface area contributed by atoms with Gasteiger partial charge in [-0.25, -0.2) is 14.5 Å². The Balaban J connectivity index is 1.95. The number of benzene rings is 1. The Morgan fingerprint density at radius 3 is 2.91 bits per heavy atom. The van der Waals surface area contributed by atoms with Gasteiger partial charge in [-0.05, 0) is 24.7 Å². The normalized spacial score (nSPS) is 11.0. The van der Waals surface area contributed by atoms with E-state index in [-0.39, 0.29) is 11.6 Å². The van der Waals surface area contributed by atoms with Gasteiger partial charge >= 0.3 is 12.6 Å². The second-order valence-electron chi connectivity index (χ2n) is 4.78. The summed E-state index contributed by atoms with van der Waals surface area (Å²) in [5.74, 6) is -0.517. The third kappa shape index (κ3) is 4.99. The number of rotatable bonds is 7. The summed E-state index contributed by atoms with van der Waals surface area (Å²) in [5.41, 5.74) is 0.805. The molecule has 1 heterocycles. The first-order chi connectivity index (χ1) is 11.0. The van der Waals surface area contributed by atoms with Crippen molar-refractivity contribution in [2.24, 2.45) is 0 Å². The predicted molar refractivity (Wildman–Crippen MR) is 75.9 cm³/mol. The summed E-state index contributed by atoms with van der Waals surface area (Å²) in [6.45, 7) is -2.01. The Morgan fingerprint density at radius 2 is 2.22 bits per heavy atom. The smallest absolute Gasteiger partial charge is 0.387 e. The first-order valence-electron chi connectivity index (χ1n) is 6.68. The summed E-state index contributed by atoms with van der Waals surface area (Å²) in [6, 6.07) is 6.46. The minimum absolute atomic E-state index is 0.0202. The largest absolute Gasteiger partial charge is 0.463 e. The van der Waals surface area contributed by atoms with E-state index in [1.54, 1.807) is 18.2 Å². The molecule has 0 spiro atoms. The van der Waals surface area contributed by atoms with Gasteiger partial charge in [0.25, 0.3) is 5.82 Å². The van der Waals surface area contributed by atoms with Gasteiger partial charge in [0.05, 0.1) is 13.8 Å². The van der Waals surface area contributed by atoms with Gasteiger partial charge in [0.1, 0.15) is 12.1 Å². The van der Waals surface area contributed by atoms with E-state index in [9.17, 15) is 13.6 Å². The van der Waals surface area contributed by atoms with Crippen molar-refractivity contribution in [2.45, 2.75) is 19.8 Å². The van der Waals surface area contributed by atoms with E-state index in [1.807, 2.05) is 11.9 Å². The molecule has 2 aromatic rings. The number of hydrogen-bond donors (Lipinski definition) is 0. The topological polar surface area (TPSA) is 69.5 Å². The Morgan fingerprint density at radius 1 is 1.43 bits per heavy atom. The van der Waals surface area contributed by atoms with Crippen molar-refractivity contribution in [3.05, 3.63) is 42.0 Å². The molecule has 23 heavy (non-hydrogen) atoms. The van der Waals surface area contributed by atoms with Gasteiger partial charge < -0.3 is 9.47 Å². The van der Waals surface area contributed by atoms with E-state index < -0.39 is 12.6 Å². The highest BCUT2D eigenvalue weighted by Gasteiger charge is 2.12. The average molecular weight is 326 g/mol. The van der Waals surface area contributed by atoms with E-state index in [0.717, 1.165) is 5.56 Å². The number of nitrogens with zero attached hydrogens (tertiary/aromatic N) is 4. The van der Waals surface area contributed by atoms with Crippen molar-refractivity contribution in [1.82, 2.24) is 19.7 Å². The third-order valence-electron chi connectivity index (χ3n) is 2.87. The Labute approximate surface area is 131 Å². The predicted octanol–water partition coefficient (Wildman–Crippen LogP) is 1.76. The van der Waals surface area contributed by atoms with Crippen LogP contribution in [-0.2, 0) is 18.0 Å². The first-order valence-corrected chi connectivity index (χ1v) is 6.68. The fourth-order valence-corrected chi connectivity index (χ4v) is 1.98. The number of carbonyl (C=O) groups excluding carboxylic acids is 1. The van der Waals surface area contributed by atoms with Gasteiger partial charge in [-0.1, -0.05) is 12.1 Å². The fraction of sp³-hybridized carbons (Fsp3) is 0.357. The summed E-state index contributed by atoms with van der Waals surface area (Å²) in [4.78, 5) is 17.0. The lowest BCUT2D eigenvalue weighted by Gasteiger charge is -2.16. The maximum absolute atomic E-state index is 12.2. The highest BCUT2D eigenvalue weighted by Crippen LogP contribution is 2.17. The zero-order valence-electron chi connectivity index (χ0n) is 12.6. The molecule has 1 aromatic carbocycles. The van der Waals surface area contributed by atoms with Gasteiger partial charge in [0, 0.05) is 6.54 Å². The first kappa shape index (κ1) is 16.8. The molecule has 0 atom stereocenters. The zero-order valence-corrected chi connectivity index (χ0v) is 12.6. The maximum Gasteiger partial charge on any atom is 0.387 e. The van der Waals surface area contributed by atoms with Crippen molar-refractivity contribution < 1.29 is 23.0 Å². The summed E-state index contributed by atoms with van der Waals surface area (Å²) < 4.78 is 34.8. The van der Waals surface area contributed by atoms with Crippen LogP contribution in [0.4, 0.5) is 8.78 Å². The molecule has 0 amide bonds. The second kappa shape index (κ2) is 7.63. The van der Waals surface area contributed by atoms with Crippen molar-refractivity contribution in [3.8, 4) is 5.75 Å². The number of hydrogen-bond acceptors (Lipinski definition) is 6. The summed E-state index contributed by atoms with van der Waals surface area (Å²) in [5, 5.41) is 3.99. The maximum atomic E-state index is 12.2. The lowest BCUT2D eigenvalue weighted by molar-refractivity contribution is -0.0499. The molecular formula is C14H16F2N4O3. The molecule has 0 aliphatic rings. The van der Waals surface area contributed by atoms with Gasteiger partial charge in [-0.3, -0.25) is 4.90 Å². The SMILES string of the molecule is COC(=O)c1ncn(CN(C)Cc2cccc(OC(F)F)c2)n1. The van der Waals surface area contributed by atoms with Gasteiger partial charge in [0.15, 0.2) is 0 Å². The molecule has 0 unspecified atom stereocenters. The number of methoxy groups -OCH3 is 1. The standard InChI is InChI=1S/C14H16F2N4O3/c1-19(9-20-8-17-12(18-20)13(21)22-2)7-10-4-3-5-11(6-10)23-14(15)16/h3-6,8,14H,7,9H2,1-2H3.